The van der Waals surface area contributed by atoms with Gasteiger partial charge >= 0.3 is 0 Å². The maximum Gasteiger partial charge on any atom is 0.299 e. The molecule has 0 aliphatic rings. The summed E-state index contributed by atoms with van der Waals surface area (Å²) in [6.07, 6.45) is 0. The summed E-state index contributed by atoms with van der Waals surface area (Å²) in [5.74, 6) is -0.305. The number of rotatable bonds is 3. The molecule has 6 heteroatoms. The monoisotopic (exact) mass is 249 g/mol. The number of aromatic nitrogens is 2. The summed E-state index contributed by atoms with van der Waals surface area (Å²) in [6.45, 7) is 0. The standard InChI is InChI=1S/C11H11N3O2S/c1-14(16-2)11(15)10-9(12-17-13-10)8-6-4-3-5-7-8/h3-7H,1-2H3. The first kappa shape index (κ1) is 11.7. The van der Waals surface area contributed by atoms with Gasteiger partial charge in [-0.3, -0.25) is 9.63 Å². The lowest BCUT2D eigenvalue weighted by Gasteiger charge is -2.12. The highest BCUT2D eigenvalue weighted by Gasteiger charge is 2.21. The van der Waals surface area contributed by atoms with Crippen LogP contribution >= 0.6 is 11.7 Å². The van der Waals surface area contributed by atoms with Gasteiger partial charge in [0.05, 0.1) is 18.8 Å². The Balaban J connectivity index is 2.39. The van der Waals surface area contributed by atoms with E-state index in [9.17, 15) is 4.79 Å². The van der Waals surface area contributed by atoms with E-state index in [0.717, 1.165) is 22.4 Å². The van der Waals surface area contributed by atoms with Gasteiger partial charge in [0.15, 0.2) is 5.69 Å². The molecule has 0 spiro atoms. The number of hydroxylamine groups is 2. The summed E-state index contributed by atoms with van der Waals surface area (Å²) in [4.78, 5) is 16.8. The van der Waals surface area contributed by atoms with Crippen LogP contribution in [0.25, 0.3) is 11.3 Å². The van der Waals surface area contributed by atoms with E-state index >= 15 is 0 Å². The quantitative estimate of drug-likeness (QED) is 0.779. The van der Waals surface area contributed by atoms with Crippen LogP contribution in [0.15, 0.2) is 30.3 Å². The van der Waals surface area contributed by atoms with Crippen molar-refractivity contribution in [3.8, 4) is 11.3 Å². The van der Waals surface area contributed by atoms with Crippen LogP contribution in [0.3, 0.4) is 0 Å². The number of carbonyl (C=O) groups is 1. The lowest BCUT2D eigenvalue weighted by Crippen LogP contribution is -2.26. The van der Waals surface area contributed by atoms with Gasteiger partial charge in [-0.05, 0) is 0 Å². The zero-order valence-electron chi connectivity index (χ0n) is 9.45. The van der Waals surface area contributed by atoms with E-state index in [0.29, 0.717) is 11.4 Å². The topological polar surface area (TPSA) is 55.3 Å². The van der Waals surface area contributed by atoms with Crippen LogP contribution < -0.4 is 0 Å². The van der Waals surface area contributed by atoms with Crippen LogP contribution in [0.2, 0.25) is 0 Å². The fourth-order valence-electron chi connectivity index (χ4n) is 1.35. The van der Waals surface area contributed by atoms with Gasteiger partial charge in [0.2, 0.25) is 0 Å². The molecule has 1 aromatic carbocycles. The van der Waals surface area contributed by atoms with E-state index in [-0.39, 0.29) is 5.91 Å². The van der Waals surface area contributed by atoms with Crippen LogP contribution in [-0.4, -0.2) is 33.9 Å². The van der Waals surface area contributed by atoms with Crippen LogP contribution in [0.1, 0.15) is 10.5 Å². The van der Waals surface area contributed by atoms with Crippen molar-refractivity contribution in [3.05, 3.63) is 36.0 Å². The van der Waals surface area contributed by atoms with Crippen LogP contribution in [0.4, 0.5) is 0 Å². The molecule has 1 aromatic heterocycles. The molecule has 0 aliphatic carbocycles. The Labute approximate surface area is 103 Å². The van der Waals surface area contributed by atoms with Crippen molar-refractivity contribution in [1.29, 1.82) is 0 Å². The smallest absolute Gasteiger partial charge is 0.274 e. The number of hydrogen-bond donors (Lipinski definition) is 0. The Morgan fingerprint density at radius 3 is 2.65 bits per heavy atom. The summed E-state index contributed by atoms with van der Waals surface area (Å²) >= 11 is 1.01. The Kier molecular flexibility index (Phi) is 3.46. The third-order valence-corrected chi connectivity index (χ3v) is 2.83. The maximum absolute atomic E-state index is 11.9. The first-order chi connectivity index (χ1) is 8.24. The van der Waals surface area contributed by atoms with Crippen molar-refractivity contribution in [1.82, 2.24) is 13.8 Å². The SMILES string of the molecule is CON(C)C(=O)c1nsnc1-c1ccccc1. The van der Waals surface area contributed by atoms with Gasteiger partial charge in [-0.25, -0.2) is 5.06 Å². The highest BCUT2D eigenvalue weighted by molar-refractivity contribution is 6.99. The fourth-order valence-corrected chi connectivity index (χ4v) is 1.91. The maximum atomic E-state index is 11.9. The number of amides is 1. The van der Waals surface area contributed by atoms with Crippen molar-refractivity contribution in [2.45, 2.75) is 0 Å². The minimum atomic E-state index is -0.305. The summed E-state index contributed by atoms with van der Waals surface area (Å²) in [5, 5.41) is 1.13. The molecule has 2 rings (SSSR count). The Hall–Kier alpha value is -1.79. The largest absolute Gasteiger partial charge is 0.299 e. The lowest BCUT2D eigenvalue weighted by molar-refractivity contribution is -0.0759. The molecule has 0 radical (unpaired) electrons. The van der Waals surface area contributed by atoms with E-state index in [4.69, 9.17) is 4.84 Å². The van der Waals surface area contributed by atoms with Crippen molar-refractivity contribution >= 4 is 17.6 Å². The number of carbonyl (C=O) groups excluding carboxylic acids is 1. The highest BCUT2D eigenvalue weighted by atomic mass is 32.1. The van der Waals surface area contributed by atoms with Crippen molar-refractivity contribution in [2.24, 2.45) is 0 Å². The van der Waals surface area contributed by atoms with Crippen molar-refractivity contribution < 1.29 is 9.63 Å². The summed E-state index contributed by atoms with van der Waals surface area (Å²) in [6, 6.07) is 9.47. The molecular formula is C11H11N3O2S. The lowest BCUT2D eigenvalue weighted by atomic mass is 10.1. The second-order valence-electron chi connectivity index (χ2n) is 3.31. The van der Waals surface area contributed by atoms with Gasteiger partial charge in [0, 0.05) is 12.6 Å². The van der Waals surface area contributed by atoms with Crippen LogP contribution in [-0.2, 0) is 4.84 Å². The minimum absolute atomic E-state index is 0.305. The van der Waals surface area contributed by atoms with Gasteiger partial charge < -0.3 is 0 Å². The molecule has 0 saturated heterocycles. The number of nitrogens with zero attached hydrogens (tertiary/aromatic N) is 3. The van der Waals surface area contributed by atoms with Crippen molar-refractivity contribution in [3.63, 3.8) is 0 Å². The predicted molar refractivity (Wildman–Crippen MR) is 64.4 cm³/mol. The van der Waals surface area contributed by atoms with Gasteiger partial charge in [0.1, 0.15) is 5.69 Å². The summed E-state index contributed by atoms with van der Waals surface area (Å²) in [7, 11) is 2.97. The normalized spacial score (nSPS) is 10.2. The molecule has 17 heavy (non-hydrogen) atoms. The zero-order valence-corrected chi connectivity index (χ0v) is 10.3. The predicted octanol–water partition coefficient (Wildman–Crippen LogP) is 1.84. The molecular weight excluding hydrogens is 238 g/mol. The Morgan fingerprint density at radius 1 is 1.29 bits per heavy atom. The van der Waals surface area contributed by atoms with E-state index in [1.165, 1.54) is 14.2 Å². The molecule has 0 saturated carbocycles. The van der Waals surface area contributed by atoms with Crippen LogP contribution in [0.5, 0.6) is 0 Å². The first-order valence-electron chi connectivity index (χ1n) is 4.94. The first-order valence-corrected chi connectivity index (χ1v) is 5.67. The van der Waals surface area contributed by atoms with Gasteiger partial charge in [-0.15, -0.1) is 0 Å². The van der Waals surface area contributed by atoms with Crippen molar-refractivity contribution in [2.75, 3.05) is 14.2 Å². The summed E-state index contributed by atoms with van der Waals surface area (Å²) < 4.78 is 8.17. The van der Waals surface area contributed by atoms with E-state index in [1.54, 1.807) is 0 Å². The summed E-state index contributed by atoms with van der Waals surface area (Å²) in [5.41, 5.74) is 1.77. The van der Waals surface area contributed by atoms with Gasteiger partial charge in [-0.2, -0.15) is 8.75 Å². The zero-order chi connectivity index (χ0) is 12.3. The molecule has 0 N–H and O–H groups in total. The molecule has 5 nitrogen and oxygen atoms in total. The molecule has 1 amide bonds. The molecule has 88 valence electrons. The third kappa shape index (κ3) is 2.32. The average molecular weight is 249 g/mol. The van der Waals surface area contributed by atoms with E-state index in [1.807, 2.05) is 30.3 Å². The third-order valence-electron chi connectivity index (χ3n) is 2.30. The van der Waals surface area contributed by atoms with Crippen LogP contribution in [0, 0.1) is 0 Å². The van der Waals surface area contributed by atoms with E-state index in [2.05, 4.69) is 8.75 Å². The Morgan fingerprint density at radius 2 is 2.00 bits per heavy atom. The van der Waals surface area contributed by atoms with Gasteiger partial charge in [0.25, 0.3) is 5.91 Å². The number of benzene rings is 1. The molecule has 0 atom stereocenters. The van der Waals surface area contributed by atoms with Gasteiger partial charge in [-0.1, -0.05) is 30.3 Å². The average Bonchev–Trinajstić information content (AvgIpc) is 2.87. The fraction of sp³-hybridized carbons (Fsp3) is 0.182. The minimum Gasteiger partial charge on any atom is -0.274 e. The molecule has 0 aliphatic heterocycles. The number of hydrogen-bond acceptors (Lipinski definition) is 5. The second-order valence-corrected chi connectivity index (χ2v) is 3.84. The van der Waals surface area contributed by atoms with E-state index < -0.39 is 0 Å². The molecule has 2 aromatic rings. The molecule has 0 unspecified atom stereocenters. The Bertz CT molecular complexity index is 512. The highest BCUT2D eigenvalue weighted by Crippen LogP contribution is 2.22. The second kappa shape index (κ2) is 5.03. The molecule has 0 bridgehead atoms. The molecule has 1 heterocycles. The molecule has 0 fully saturated rings.